The van der Waals surface area contributed by atoms with Crippen molar-refractivity contribution in [2.45, 2.75) is 24.3 Å². The second-order valence-electron chi connectivity index (χ2n) is 3.76. The van der Waals surface area contributed by atoms with Gasteiger partial charge in [-0.3, -0.25) is 5.10 Å². The molecule has 0 radical (unpaired) electrons. The first-order valence-electron chi connectivity index (χ1n) is 5.20. The van der Waals surface area contributed by atoms with Crippen molar-refractivity contribution in [1.82, 2.24) is 14.9 Å². The lowest BCUT2D eigenvalue weighted by Crippen LogP contribution is -2.22. The molecule has 0 atom stereocenters. The molecule has 3 N–H and O–H groups in total. The van der Waals surface area contributed by atoms with Crippen molar-refractivity contribution < 1.29 is 13.5 Å². The summed E-state index contributed by atoms with van der Waals surface area (Å²) in [6.45, 7) is 1.81. The number of H-pyrrole nitrogens is 1. The number of aliphatic hydroxyl groups excluding tert-OH is 1. The second-order valence-corrected chi connectivity index (χ2v) is 6.89. The molecule has 0 saturated carbocycles. The average molecular weight is 287 g/mol. The topological polar surface area (TPSA) is 95.1 Å². The number of nitrogens with one attached hydrogen (secondary N) is 2. The molecule has 0 aromatic carbocycles. The summed E-state index contributed by atoms with van der Waals surface area (Å²) >= 11 is 1.08. The minimum atomic E-state index is -3.53. The monoisotopic (exact) mass is 287 g/mol. The van der Waals surface area contributed by atoms with Crippen molar-refractivity contribution in [3.8, 4) is 0 Å². The number of thiophene rings is 1. The predicted molar refractivity (Wildman–Crippen MR) is 67.6 cm³/mol. The average Bonchev–Trinajstić information content (AvgIpc) is 2.95. The van der Waals surface area contributed by atoms with Gasteiger partial charge < -0.3 is 5.11 Å². The molecular formula is C10H13N3O3S2. The molecule has 0 aliphatic carbocycles. The molecule has 2 heterocycles. The Labute approximate surface area is 109 Å². The Morgan fingerprint density at radius 2 is 2.33 bits per heavy atom. The van der Waals surface area contributed by atoms with E-state index in [2.05, 4.69) is 14.9 Å². The number of aryl methyl sites for hydroxylation is 1. The Morgan fingerprint density at radius 3 is 2.89 bits per heavy atom. The number of aliphatic hydroxyl groups is 1. The van der Waals surface area contributed by atoms with Gasteiger partial charge in [0.25, 0.3) is 0 Å². The molecule has 18 heavy (non-hydrogen) atoms. The van der Waals surface area contributed by atoms with E-state index in [4.69, 9.17) is 5.11 Å². The van der Waals surface area contributed by atoms with Crippen LogP contribution in [-0.2, 0) is 23.2 Å². The molecule has 2 aromatic heterocycles. The third-order valence-electron chi connectivity index (χ3n) is 2.43. The summed E-state index contributed by atoms with van der Waals surface area (Å²) in [4.78, 5) is 0.665. The lowest BCUT2D eigenvalue weighted by atomic mass is 10.3. The smallest absolute Gasteiger partial charge is 0.250 e. The number of hydrogen-bond donors (Lipinski definition) is 3. The van der Waals surface area contributed by atoms with Crippen LogP contribution in [0.5, 0.6) is 0 Å². The highest BCUT2D eigenvalue weighted by Gasteiger charge is 2.18. The largest absolute Gasteiger partial charge is 0.391 e. The van der Waals surface area contributed by atoms with Crippen LogP contribution in [0, 0.1) is 6.92 Å². The number of nitrogens with zero attached hydrogens (tertiary/aromatic N) is 1. The molecule has 0 amide bonds. The summed E-state index contributed by atoms with van der Waals surface area (Å²) in [6, 6.07) is 1.56. The molecule has 0 saturated heterocycles. The van der Waals surface area contributed by atoms with Crippen molar-refractivity contribution >= 4 is 21.4 Å². The molecule has 98 valence electrons. The van der Waals surface area contributed by atoms with Crippen molar-refractivity contribution in [1.29, 1.82) is 0 Å². The van der Waals surface area contributed by atoms with E-state index in [-0.39, 0.29) is 17.4 Å². The fourth-order valence-corrected chi connectivity index (χ4v) is 3.91. The van der Waals surface area contributed by atoms with Crippen LogP contribution < -0.4 is 4.72 Å². The van der Waals surface area contributed by atoms with E-state index >= 15 is 0 Å². The van der Waals surface area contributed by atoms with Gasteiger partial charge in [-0.05, 0) is 18.6 Å². The Hall–Kier alpha value is -1.22. The van der Waals surface area contributed by atoms with Gasteiger partial charge in [0.1, 0.15) is 4.21 Å². The van der Waals surface area contributed by atoms with Gasteiger partial charge in [-0.25, -0.2) is 13.1 Å². The molecule has 8 heteroatoms. The van der Waals surface area contributed by atoms with E-state index in [9.17, 15) is 8.42 Å². The van der Waals surface area contributed by atoms with Gasteiger partial charge in [-0.15, -0.1) is 11.3 Å². The molecule has 0 bridgehead atoms. The van der Waals surface area contributed by atoms with Crippen LogP contribution in [0.25, 0.3) is 0 Å². The van der Waals surface area contributed by atoms with Gasteiger partial charge in [-0.1, -0.05) is 0 Å². The predicted octanol–water partition coefficient (Wildman–Crippen LogP) is 0.750. The normalized spacial score (nSPS) is 11.9. The van der Waals surface area contributed by atoms with Gasteiger partial charge in [-0.2, -0.15) is 5.10 Å². The van der Waals surface area contributed by atoms with Crippen molar-refractivity contribution in [3.05, 3.63) is 34.5 Å². The highest BCUT2D eigenvalue weighted by molar-refractivity contribution is 7.91. The van der Waals surface area contributed by atoms with Crippen LogP contribution in [0.4, 0.5) is 0 Å². The summed E-state index contributed by atoms with van der Waals surface area (Å²) < 4.78 is 26.7. The molecule has 0 aliphatic heterocycles. The van der Waals surface area contributed by atoms with E-state index in [1.165, 1.54) is 0 Å². The molecule has 0 fully saturated rings. The number of aromatic nitrogens is 2. The van der Waals surface area contributed by atoms with Gasteiger partial charge >= 0.3 is 0 Å². The second kappa shape index (κ2) is 5.19. The lowest BCUT2D eigenvalue weighted by molar-refractivity contribution is 0.285. The number of hydrogen-bond acceptors (Lipinski definition) is 5. The standard InChI is InChI=1S/C10H13N3O3S2/c1-7-2-10(17-9(7)6-14)18(15,16)13-5-8-3-11-12-4-8/h2-4,13-14H,5-6H2,1H3,(H,11,12). The summed E-state index contributed by atoms with van der Waals surface area (Å²) in [5, 5.41) is 15.4. The summed E-state index contributed by atoms with van der Waals surface area (Å²) in [6.07, 6.45) is 3.18. The maximum Gasteiger partial charge on any atom is 0.250 e. The van der Waals surface area contributed by atoms with Crippen molar-refractivity contribution in [2.24, 2.45) is 0 Å². The minimum absolute atomic E-state index is 0.145. The molecule has 0 spiro atoms. The van der Waals surface area contributed by atoms with Crippen LogP contribution in [-0.4, -0.2) is 23.7 Å². The summed E-state index contributed by atoms with van der Waals surface area (Å²) in [5.41, 5.74) is 1.54. The van der Waals surface area contributed by atoms with E-state index in [1.807, 2.05) is 0 Å². The van der Waals surface area contributed by atoms with E-state index in [1.54, 1.807) is 25.4 Å². The highest BCUT2D eigenvalue weighted by atomic mass is 32.2. The van der Waals surface area contributed by atoms with E-state index in [0.717, 1.165) is 22.5 Å². The van der Waals surface area contributed by atoms with E-state index < -0.39 is 10.0 Å². The maximum atomic E-state index is 12.0. The number of aromatic amines is 1. The summed E-state index contributed by atoms with van der Waals surface area (Å²) in [5.74, 6) is 0. The first kappa shape index (κ1) is 13.2. The maximum absolute atomic E-state index is 12.0. The lowest BCUT2D eigenvalue weighted by Gasteiger charge is -2.02. The van der Waals surface area contributed by atoms with Crippen molar-refractivity contribution in [3.63, 3.8) is 0 Å². The van der Waals surface area contributed by atoms with Crippen LogP contribution in [0.3, 0.4) is 0 Å². The zero-order chi connectivity index (χ0) is 13.2. The number of rotatable bonds is 5. The Kier molecular flexibility index (Phi) is 3.81. The molecule has 2 aromatic rings. The van der Waals surface area contributed by atoms with Crippen LogP contribution >= 0.6 is 11.3 Å². The molecule has 0 aliphatic rings. The Bertz CT molecular complexity index is 617. The molecule has 2 rings (SSSR count). The van der Waals surface area contributed by atoms with Gasteiger partial charge in [0.2, 0.25) is 10.0 Å². The minimum Gasteiger partial charge on any atom is -0.391 e. The van der Waals surface area contributed by atoms with Crippen LogP contribution in [0.2, 0.25) is 0 Å². The Morgan fingerprint density at radius 1 is 1.56 bits per heavy atom. The molecule has 0 unspecified atom stereocenters. The van der Waals surface area contributed by atoms with Crippen LogP contribution in [0.1, 0.15) is 16.0 Å². The zero-order valence-corrected chi connectivity index (χ0v) is 11.3. The fourth-order valence-electron chi connectivity index (χ4n) is 1.40. The van der Waals surface area contributed by atoms with Gasteiger partial charge in [0.05, 0.1) is 12.8 Å². The molecule has 6 nitrogen and oxygen atoms in total. The van der Waals surface area contributed by atoms with Gasteiger partial charge in [0, 0.05) is 23.2 Å². The third kappa shape index (κ3) is 2.78. The first-order valence-corrected chi connectivity index (χ1v) is 7.50. The summed E-state index contributed by atoms with van der Waals surface area (Å²) in [7, 11) is -3.53. The zero-order valence-electron chi connectivity index (χ0n) is 9.67. The SMILES string of the molecule is Cc1cc(S(=O)(=O)NCc2cn[nH]c2)sc1CO. The van der Waals surface area contributed by atoms with Gasteiger partial charge in [0.15, 0.2) is 0 Å². The number of sulfonamides is 1. The van der Waals surface area contributed by atoms with Crippen LogP contribution in [0.15, 0.2) is 22.7 Å². The van der Waals surface area contributed by atoms with Crippen molar-refractivity contribution in [2.75, 3.05) is 0 Å². The highest BCUT2D eigenvalue weighted by Crippen LogP contribution is 2.25. The fraction of sp³-hybridized carbons (Fsp3) is 0.300. The Balaban J connectivity index is 2.14. The molecular weight excluding hydrogens is 274 g/mol. The third-order valence-corrected chi connectivity index (χ3v) is 5.52. The van der Waals surface area contributed by atoms with E-state index in [0.29, 0.717) is 4.88 Å². The first-order chi connectivity index (χ1) is 8.53. The quantitative estimate of drug-likeness (QED) is 0.756.